The van der Waals surface area contributed by atoms with Gasteiger partial charge in [-0.2, -0.15) is 0 Å². The van der Waals surface area contributed by atoms with E-state index in [2.05, 4.69) is 30.8 Å². The molecule has 0 spiro atoms. The Morgan fingerprint density at radius 1 is 1.30 bits per heavy atom. The van der Waals surface area contributed by atoms with E-state index in [1.54, 1.807) is 7.05 Å². The van der Waals surface area contributed by atoms with Gasteiger partial charge in [-0.05, 0) is 17.5 Å². The highest BCUT2D eigenvalue weighted by atomic mass is 16.6. The Labute approximate surface area is 126 Å². The van der Waals surface area contributed by atoms with Crippen molar-refractivity contribution in [2.75, 3.05) is 7.05 Å². The van der Waals surface area contributed by atoms with Crippen LogP contribution in [-0.4, -0.2) is 42.1 Å². The smallest absolute Gasteiger partial charge is 0.314 e. The average Bonchev–Trinajstić information content (AvgIpc) is 3.03. The summed E-state index contributed by atoms with van der Waals surface area (Å²) >= 11 is 0. The fourth-order valence-electron chi connectivity index (χ4n) is 2.27. The Morgan fingerprint density at radius 2 is 2.04 bits per heavy atom. The van der Waals surface area contributed by atoms with E-state index in [0.29, 0.717) is 5.56 Å². The molecule has 2 heterocycles. The van der Waals surface area contributed by atoms with Crippen molar-refractivity contribution in [2.45, 2.75) is 6.17 Å². The van der Waals surface area contributed by atoms with Gasteiger partial charge in [0, 0.05) is 17.7 Å². The molecule has 2 aromatic heterocycles. The number of non-ortho nitro benzene ring substituents is 1. The highest BCUT2D eigenvalue weighted by Crippen LogP contribution is 2.26. The van der Waals surface area contributed by atoms with Crippen LogP contribution in [0.2, 0.25) is 0 Å². The Kier molecular flexibility index (Phi) is 3.42. The lowest BCUT2D eigenvalue weighted by molar-refractivity contribution is -0.384. The summed E-state index contributed by atoms with van der Waals surface area (Å²) in [6.45, 7) is 0. The largest absolute Gasteiger partial charge is 0.316 e. The average molecular weight is 318 g/mol. The minimum absolute atomic E-state index is 0.132. The molecule has 0 saturated carbocycles. The minimum Gasteiger partial charge on any atom is -0.316 e. The summed E-state index contributed by atoms with van der Waals surface area (Å²) in [6.07, 6.45) is 0.629. The second kappa shape index (κ2) is 5.42. The van der Waals surface area contributed by atoms with Crippen molar-refractivity contribution < 1.29 is 4.92 Å². The first kappa shape index (κ1) is 14.5. The van der Waals surface area contributed by atoms with Crippen LogP contribution in [0, 0.1) is 10.1 Å². The maximum absolute atomic E-state index is 11.6. The molecule has 3 N–H and O–H groups in total. The van der Waals surface area contributed by atoms with Gasteiger partial charge in [0.1, 0.15) is 12.5 Å². The first-order valence-electron chi connectivity index (χ1n) is 6.35. The van der Waals surface area contributed by atoms with E-state index in [-0.39, 0.29) is 16.7 Å². The Hall–Kier alpha value is -3.41. The van der Waals surface area contributed by atoms with E-state index in [4.69, 9.17) is 0 Å². The number of nitrogens with zero attached hydrogens (tertiary/aromatic N) is 5. The number of aromatic amines is 2. The zero-order chi connectivity index (χ0) is 16.6. The van der Waals surface area contributed by atoms with E-state index < -0.39 is 22.2 Å². The molecule has 23 heavy (non-hydrogen) atoms. The highest BCUT2D eigenvalue weighted by Gasteiger charge is 2.21. The molecule has 118 valence electrons. The second-order valence-electron chi connectivity index (χ2n) is 4.60. The molecule has 0 saturated heterocycles. The molecular weight excluding hydrogens is 308 g/mol. The first-order chi connectivity index (χ1) is 11.0. The van der Waals surface area contributed by atoms with Gasteiger partial charge in [0.15, 0.2) is 0 Å². The van der Waals surface area contributed by atoms with Gasteiger partial charge < -0.3 is 9.97 Å². The first-order valence-corrected chi connectivity index (χ1v) is 6.35. The molecule has 1 atom stereocenters. The third-order valence-corrected chi connectivity index (χ3v) is 3.25. The number of fused-ring (bicyclic) bond motifs is 1. The number of rotatable bonds is 4. The quantitative estimate of drug-likeness (QED) is 0.309. The molecule has 0 bridgehead atoms. The molecule has 0 aliphatic carbocycles. The van der Waals surface area contributed by atoms with Crippen molar-refractivity contribution in [3.8, 4) is 0 Å². The van der Waals surface area contributed by atoms with E-state index >= 15 is 0 Å². The lowest BCUT2D eigenvalue weighted by Crippen LogP contribution is -2.31. The number of benzene rings is 1. The summed E-state index contributed by atoms with van der Waals surface area (Å²) in [5, 5.41) is 24.8. The van der Waals surface area contributed by atoms with Gasteiger partial charge in [0.2, 0.25) is 0 Å². The number of aromatic nitrogens is 6. The van der Waals surface area contributed by atoms with Crippen LogP contribution in [0.15, 0.2) is 28.0 Å². The standard InChI is InChI=1S/C11H10N8O4/c1-12-9(18-4-13-16-17-18)6-2-5(19(22)23)3-7-8(6)15-11(21)10(20)14-7/h2-4,9,12H,1H3,(H,14,20)(H,15,21). The number of H-pyrrole nitrogens is 2. The lowest BCUT2D eigenvalue weighted by Gasteiger charge is -2.17. The number of tetrazole rings is 1. The zero-order valence-electron chi connectivity index (χ0n) is 11.7. The molecular formula is C11H10N8O4. The monoisotopic (exact) mass is 318 g/mol. The van der Waals surface area contributed by atoms with Gasteiger partial charge in [0.05, 0.1) is 16.0 Å². The van der Waals surface area contributed by atoms with Gasteiger partial charge in [0.25, 0.3) is 5.69 Å². The predicted octanol–water partition coefficient (Wildman–Crippen LogP) is -1.12. The van der Waals surface area contributed by atoms with Crippen molar-refractivity contribution in [1.29, 1.82) is 0 Å². The Morgan fingerprint density at radius 3 is 2.65 bits per heavy atom. The molecule has 0 amide bonds. The molecule has 3 rings (SSSR count). The van der Waals surface area contributed by atoms with Crippen LogP contribution in [0.25, 0.3) is 11.0 Å². The van der Waals surface area contributed by atoms with Crippen molar-refractivity contribution >= 4 is 16.7 Å². The molecule has 0 aliphatic rings. The Bertz CT molecular complexity index is 989. The fourth-order valence-corrected chi connectivity index (χ4v) is 2.27. The third-order valence-electron chi connectivity index (χ3n) is 3.25. The van der Waals surface area contributed by atoms with Gasteiger partial charge in [-0.3, -0.25) is 25.0 Å². The van der Waals surface area contributed by atoms with Crippen LogP contribution in [0.4, 0.5) is 5.69 Å². The van der Waals surface area contributed by atoms with Crippen molar-refractivity contribution in [3.63, 3.8) is 0 Å². The summed E-state index contributed by atoms with van der Waals surface area (Å²) < 4.78 is 1.32. The van der Waals surface area contributed by atoms with Crippen LogP contribution in [0.5, 0.6) is 0 Å². The van der Waals surface area contributed by atoms with Crippen LogP contribution >= 0.6 is 0 Å². The molecule has 1 unspecified atom stereocenters. The van der Waals surface area contributed by atoms with Gasteiger partial charge >= 0.3 is 11.1 Å². The topological polar surface area (TPSA) is 164 Å². The van der Waals surface area contributed by atoms with Gasteiger partial charge in [-0.1, -0.05) is 0 Å². The summed E-state index contributed by atoms with van der Waals surface area (Å²) in [7, 11) is 1.60. The number of nitro groups is 1. The van der Waals surface area contributed by atoms with Crippen molar-refractivity contribution in [3.05, 3.63) is 54.8 Å². The highest BCUT2D eigenvalue weighted by molar-refractivity contribution is 5.81. The number of hydrogen-bond acceptors (Lipinski definition) is 8. The van der Waals surface area contributed by atoms with Crippen molar-refractivity contribution in [1.82, 2.24) is 35.5 Å². The molecule has 12 heteroatoms. The summed E-state index contributed by atoms with van der Waals surface area (Å²) in [6, 6.07) is 2.45. The fraction of sp³-hybridized carbons (Fsp3) is 0.182. The number of hydrogen-bond donors (Lipinski definition) is 3. The number of nitro benzene ring substituents is 1. The van der Waals surface area contributed by atoms with E-state index in [9.17, 15) is 19.7 Å². The molecule has 3 aromatic rings. The van der Waals surface area contributed by atoms with E-state index in [0.717, 1.165) is 0 Å². The molecule has 0 radical (unpaired) electrons. The number of nitrogens with one attached hydrogen (secondary N) is 3. The summed E-state index contributed by atoms with van der Waals surface area (Å²) in [5.41, 5.74) is -1.30. The van der Waals surface area contributed by atoms with Crippen LogP contribution < -0.4 is 16.4 Å². The SMILES string of the molecule is CNC(c1cc([N+](=O)[O-])cc2[nH]c(=O)c(=O)[nH]c12)n1cnnn1. The predicted molar refractivity (Wildman–Crippen MR) is 76.9 cm³/mol. The second-order valence-corrected chi connectivity index (χ2v) is 4.60. The normalized spacial score (nSPS) is 12.4. The Balaban J connectivity index is 2.37. The van der Waals surface area contributed by atoms with E-state index in [1.807, 2.05) is 0 Å². The summed E-state index contributed by atoms with van der Waals surface area (Å²) in [5.74, 6) is 0. The molecule has 0 aliphatic heterocycles. The van der Waals surface area contributed by atoms with Crippen LogP contribution in [-0.2, 0) is 0 Å². The van der Waals surface area contributed by atoms with Crippen LogP contribution in [0.3, 0.4) is 0 Å². The van der Waals surface area contributed by atoms with Crippen molar-refractivity contribution in [2.24, 2.45) is 0 Å². The minimum atomic E-state index is -0.896. The zero-order valence-corrected chi connectivity index (χ0v) is 11.7. The molecule has 12 nitrogen and oxygen atoms in total. The third kappa shape index (κ3) is 2.46. The maximum atomic E-state index is 11.6. The summed E-state index contributed by atoms with van der Waals surface area (Å²) in [4.78, 5) is 38.3. The van der Waals surface area contributed by atoms with Gasteiger partial charge in [-0.15, -0.1) is 5.10 Å². The van der Waals surface area contributed by atoms with Gasteiger partial charge in [-0.25, -0.2) is 4.68 Å². The molecule has 0 fully saturated rings. The maximum Gasteiger partial charge on any atom is 0.314 e. The lowest BCUT2D eigenvalue weighted by atomic mass is 10.1. The van der Waals surface area contributed by atoms with Crippen LogP contribution in [0.1, 0.15) is 11.7 Å². The molecule has 1 aromatic carbocycles. The van der Waals surface area contributed by atoms with E-state index in [1.165, 1.54) is 23.1 Å².